The first-order chi connectivity index (χ1) is 5.00. The van der Waals surface area contributed by atoms with Gasteiger partial charge in [-0.25, -0.2) is 12.7 Å². The van der Waals surface area contributed by atoms with E-state index >= 15 is 0 Å². The molecule has 0 radical (unpaired) electrons. The molecule has 66 valence electrons. The van der Waals surface area contributed by atoms with Crippen LogP contribution in [-0.2, 0) is 14.8 Å². The van der Waals surface area contributed by atoms with Crippen molar-refractivity contribution in [1.82, 2.24) is 9.62 Å². The van der Waals surface area contributed by atoms with Gasteiger partial charge in [0.25, 0.3) is 0 Å². The van der Waals surface area contributed by atoms with Crippen LogP contribution in [-0.4, -0.2) is 45.5 Å². The second kappa shape index (κ2) is 4.30. The average Bonchev–Trinajstić information content (AvgIpc) is 1.88. The molecular weight excluding hydrogens is 168 g/mol. The molecule has 5 nitrogen and oxygen atoms in total. The Morgan fingerprint density at radius 3 is 2.36 bits per heavy atom. The SMILES string of the molecule is CN(C)S(=O)(=O)CCNC=O. The van der Waals surface area contributed by atoms with Crippen molar-refractivity contribution in [1.29, 1.82) is 0 Å². The molecule has 1 N–H and O–H groups in total. The van der Waals surface area contributed by atoms with Gasteiger partial charge < -0.3 is 5.32 Å². The van der Waals surface area contributed by atoms with Crippen molar-refractivity contribution in [3.05, 3.63) is 0 Å². The lowest BCUT2D eigenvalue weighted by molar-refractivity contribution is -0.109. The van der Waals surface area contributed by atoms with Crippen molar-refractivity contribution >= 4 is 16.4 Å². The lowest BCUT2D eigenvalue weighted by Crippen LogP contribution is -2.30. The molecule has 0 aliphatic heterocycles. The highest BCUT2D eigenvalue weighted by Crippen LogP contribution is 1.91. The summed E-state index contributed by atoms with van der Waals surface area (Å²) in [5, 5.41) is 2.27. The molecule has 0 aliphatic rings. The number of carbonyl (C=O) groups is 1. The van der Waals surface area contributed by atoms with Gasteiger partial charge in [-0.05, 0) is 0 Å². The number of nitrogens with one attached hydrogen (secondary N) is 1. The van der Waals surface area contributed by atoms with Crippen LogP contribution in [0.15, 0.2) is 0 Å². The van der Waals surface area contributed by atoms with Gasteiger partial charge >= 0.3 is 0 Å². The first-order valence-corrected chi connectivity index (χ1v) is 4.69. The van der Waals surface area contributed by atoms with Gasteiger partial charge in [-0.2, -0.15) is 0 Å². The summed E-state index contributed by atoms with van der Waals surface area (Å²) in [5.41, 5.74) is 0. The monoisotopic (exact) mass is 180 g/mol. The predicted molar refractivity (Wildman–Crippen MR) is 41.5 cm³/mol. The molecule has 0 heterocycles. The number of nitrogens with zero attached hydrogens (tertiary/aromatic N) is 1. The van der Waals surface area contributed by atoms with Crippen molar-refractivity contribution in [3.63, 3.8) is 0 Å². The van der Waals surface area contributed by atoms with Gasteiger partial charge in [-0.3, -0.25) is 4.79 Å². The first-order valence-electron chi connectivity index (χ1n) is 3.08. The standard InChI is InChI=1S/C5H12N2O3S/c1-7(2)11(9,10)4-3-6-5-8/h5H,3-4H2,1-2H3,(H,6,8). The summed E-state index contributed by atoms with van der Waals surface area (Å²) < 4.78 is 23.1. The molecule has 0 fully saturated rings. The van der Waals surface area contributed by atoms with Gasteiger partial charge in [0.15, 0.2) is 0 Å². The minimum atomic E-state index is -3.16. The van der Waals surface area contributed by atoms with Crippen LogP contribution in [0.5, 0.6) is 0 Å². The summed E-state index contributed by atoms with van der Waals surface area (Å²) in [7, 11) is -0.249. The lowest BCUT2D eigenvalue weighted by atomic mass is 10.8. The molecule has 0 aromatic heterocycles. The smallest absolute Gasteiger partial charge is 0.215 e. The minimum absolute atomic E-state index is 0.0568. The third-order valence-corrected chi connectivity index (χ3v) is 2.98. The number of sulfonamides is 1. The van der Waals surface area contributed by atoms with Gasteiger partial charge in [0.1, 0.15) is 0 Å². The Morgan fingerprint density at radius 2 is 2.00 bits per heavy atom. The van der Waals surface area contributed by atoms with Crippen molar-refractivity contribution in [3.8, 4) is 0 Å². The van der Waals surface area contributed by atoms with Crippen LogP contribution >= 0.6 is 0 Å². The Labute approximate surface area is 66.4 Å². The fraction of sp³-hybridized carbons (Fsp3) is 0.800. The third-order valence-electron chi connectivity index (χ3n) is 1.14. The fourth-order valence-electron chi connectivity index (χ4n) is 0.429. The van der Waals surface area contributed by atoms with E-state index in [9.17, 15) is 13.2 Å². The van der Waals surface area contributed by atoms with Crippen LogP contribution in [0.25, 0.3) is 0 Å². The van der Waals surface area contributed by atoms with E-state index in [2.05, 4.69) is 5.32 Å². The lowest BCUT2D eigenvalue weighted by Gasteiger charge is -2.09. The van der Waals surface area contributed by atoms with Crippen LogP contribution in [0.1, 0.15) is 0 Å². The van der Waals surface area contributed by atoms with Crippen molar-refractivity contribution in [2.24, 2.45) is 0 Å². The zero-order chi connectivity index (χ0) is 8.91. The molecule has 11 heavy (non-hydrogen) atoms. The Kier molecular flexibility index (Phi) is 4.06. The zero-order valence-corrected chi connectivity index (χ0v) is 7.39. The zero-order valence-electron chi connectivity index (χ0n) is 6.57. The Balaban J connectivity index is 3.84. The maximum Gasteiger partial charge on any atom is 0.215 e. The molecule has 0 atom stereocenters. The normalized spacial score (nSPS) is 11.5. The van der Waals surface area contributed by atoms with Crippen LogP contribution in [0.2, 0.25) is 0 Å². The van der Waals surface area contributed by atoms with Crippen molar-refractivity contribution < 1.29 is 13.2 Å². The summed E-state index contributed by atoms with van der Waals surface area (Å²) in [6.45, 7) is 0.157. The summed E-state index contributed by atoms with van der Waals surface area (Å²) in [4.78, 5) is 9.74. The minimum Gasteiger partial charge on any atom is -0.358 e. The number of rotatable bonds is 5. The number of carbonyl (C=O) groups excluding carboxylic acids is 1. The molecule has 0 bridgehead atoms. The molecule has 6 heteroatoms. The number of amides is 1. The van der Waals surface area contributed by atoms with Crippen molar-refractivity contribution in [2.45, 2.75) is 0 Å². The van der Waals surface area contributed by atoms with E-state index in [4.69, 9.17) is 0 Å². The van der Waals surface area contributed by atoms with Gasteiger partial charge in [0.2, 0.25) is 16.4 Å². The molecule has 0 saturated heterocycles. The summed E-state index contributed by atoms with van der Waals surface area (Å²) >= 11 is 0. The Hall–Kier alpha value is -0.620. The van der Waals surface area contributed by atoms with Crippen LogP contribution < -0.4 is 5.32 Å². The maximum absolute atomic E-state index is 11.0. The average molecular weight is 180 g/mol. The molecule has 0 unspecified atom stereocenters. The molecule has 0 rings (SSSR count). The van der Waals surface area contributed by atoms with E-state index < -0.39 is 10.0 Å². The second-order valence-corrected chi connectivity index (χ2v) is 4.47. The molecule has 0 aromatic rings. The summed E-state index contributed by atoms with van der Waals surface area (Å²) in [6.07, 6.45) is 0.477. The van der Waals surface area contributed by atoms with Crippen LogP contribution in [0.4, 0.5) is 0 Å². The van der Waals surface area contributed by atoms with Gasteiger partial charge in [0, 0.05) is 20.6 Å². The van der Waals surface area contributed by atoms with E-state index in [1.54, 1.807) is 0 Å². The highest BCUT2D eigenvalue weighted by Gasteiger charge is 2.11. The predicted octanol–water partition coefficient (Wildman–Crippen LogP) is -1.38. The van der Waals surface area contributed by atoms with E-state index in [1.165, 1.54) is 14.1 Å². The Bertz CT molecular complexity index is 210. The van der Waals surface area contributed by atoms with E-state index in [1.807, 2.05) is 0 Å². The Morgan fingerprint density at radius 1 is 1.45 bits per heavy atom. The highest BCUT2D eigenvalue weighted by molar-refractivity contribution is 7.89. The van der Waals surface area contributed by atoms with Gasteiger partial charge in [0.05, 0.1) is 5.75 Å². The summed E-state index contributed by atoms with van der Waals surface area (Å²) in [5.74, 6) is -0.0568. The topological polar surface area (TPSA) is 66.5 Å². The largest absolute Gasteiger partial charge is 0.358 e. The van der Waals surface area contributed by atoms with Gasteiger partial charge in [-0.15, -0.1) is 0 Å². The molecule has 0 aliphatic carbocycles. The van der Waals surface area contributed by atoms with Gasteiger partial charge in [-0.1, -0.05) is 0 Å². The summed E-state index contributed by atoms with van der Waals surface area (Å²) in [6, 6.07) is 0. The van der Waals surface area contributed by atoms with E-state index in [0.29, 0.717) is 6.41 Å². The van der Waals surface area contributed by atoms with Crippen LogP contribution in [0.3, 0.4) is 0 Å². The first kappa shape index (κ1) is 10.4. The highest BCUT2D eigenvalue weighted by atomic mass is 32.2. The quantitative estimate of drug-likeness (QED) is 0.419. The molecule has 0 saturated carbocycles. The molecule has 1 amide bonds. The fourth-order valence-corrected chi connectivity index (χ4v) is 1.17. The molecule has 0 spiro atoms. The number of hydrogen-bond acceptors (Lipinski definition) is 3. The number of hydrogen-bond donors (Lipinski definition) is 1. The second-order valence-electron chi connectivity index (χ2n) is 2.17. The third kappa shape index (κ3) is 3.94. The van der Waals surface area contributed by atoms with Crippen molar-refractivity contribution in [2.75, 3.05) is 26.4 Å². The van der Waals surface area contributed by atoms with E-state index in [-0.39, 0.29) is 12.3 Å². The molecular formula is C5H12N2O3S. The van der Waals surface area contributed by atoms with E-state index in [0.717, 1.165) is 4.31 Å². The maximum atomic E-state index is 11.0. The van der Waals surface area contributed by atoms with Crippen LogP contribution in [0, 0.1) is 0 Å². The molecule has 0 aromatic carbocycles.